The summed E-state index contributed by atoms with van der Waals surface area (Å²) in [6.07, 6.45) is 3.69. The van der Waals surface area contributed by atoms with Gasteiger partial charge in [0, 0.05) is 18.8 Å². The molecule has 1 aliphatic rings. The zero-order valence-corrected chi connectivity index (χ0v) is 14.4. The van der Waals surface area contributed by atoms with Crippen molar-refractivity contribution in [2.45, 2.75) is 25.4 Å². The molecular weight excluding hydrogens is 336 g/mol. The van der Waals surface area contributed by atoms with Crippen LogP contribution in [0.2, 0.25) is 0 Å². The third-order valence-corrected chi connectivity index (χ3v) is 5.24. The van der Waals surface area contributed by atoms with E-state index in [2.05, 4.69) is 11.4 Å². The van der Waals surface area contributed by atoms with Crippen LogP contribution in [-0.4, -0.2) is 21.9 Å². The van der Waals surface area contributed by atoms with E-state index in [1.807, 2.05) is 10.3 Å². The van der Waals surface area contributed by atoms with E-state index in [-0.39, 0.29) is 17.5 Å². The van der Waals surface area contributed by atoms with E-state index in [0.717, 1.165) is 19.4 Å². The molecule has 4 rings (SSSR count). The summed E-state index contributed by atoms with van der Waals surface area (Å²) in [5.74, 6) is 0.851. The second-order valence-electron chi connectivity index (χ2n) is 6.15. The van der Waals surface area contributed by atoms with Crippen molar-refractivity contribution >= 4 is 17.2 Å². The highest BCUT2D eigenvalue weighted by molar-refractivity contribution is 7.08. The van der Waals surface area contributed by atoms with E-state index in [0.29, 0.717) is 18.1 Å². The Kier molecular flexibility index (Phi) is 4.28. The molecule has 0 aromatic carbocycles. The van der Waals surface area contributed by atoms with Crippen LogP contribution in [0.3, 0.4) is 0 Å². The number of likely N-dealkylation sites (tertiary alicyclic amines) is 1. The molecule has 3 aromatic heterocycles. The number of furan rings is 1. The molecule has 0 bridgehead atoms. The monoisotopic (exact) mass is 354 g/mol. The topological polar surface area (TPSA) is 55.5 Å². The van der Waals surface area contributed by atoms with Crippen LogP contribution >= 0.6 is 11.3 Å². The maximum absolute atomic E-state index is 12.9. The summed E-state index contributed by atoms with van der Waals surface area (Å²) in [6, 6.07) is 10.7. The number of hydrogen-bond donors (Lipinski definition) is 0. The number of pyridine rings is 1. The van der Waals surface area contributed by atoms with E-state index < -0.39 is 0 Å². The molecule has 0 radical (unpaired) electrons. The molecule has 1 atom stereocenters. The molecule has 3 aromatic rings. The first-order valence-electron chi connectivity index (χ1n) is 8.29. The highest BCUT2D eigenvalue weighted by Gasteiger charge is 2.32. The Labute approximate surface area is 149 Å². The largest absolute Gasteiger partial charge is 0.454 e. The minimum absolute atomic E-state index is 0.0830. The Morgan fingerprint density at radius 3 is 2.96 bits per heavy atom. The molecule has 0 spiro atoms. The number of aromatic nitrogens is 1. The number of amides is 1. The van der Waals surface area contributed by atoms with Crippen LogP contribution in [0, 0.1) is 0 Å². The van der Waals surface area contributed by atoms with Gasteiger partial charge in [-0.1, -0.05) is 6.07 Å². The average Bonchev–Trinajstić information content (AvgIpc) is 3.37. The molecule has 0 unspecified atom stereocenters. The summed E-state index contributed by atoms with van der Waals surface area (Å²) >= 11 is 1.65. The molecule has 4 heterocycles. The molecular formula is C19H18N2O3S. The van der Waals surface area contributed by atoms with Crippen LogP contribution in [0.1, 0.15) is 40.8 Å². The summed E-state index contributed by atoms with van der Waals surface area (Å²) in [7, 11) is 0. The van der Waals surface area contributed by atoms with Crippen molar-refractivity contribution in [3.05, 3.63) is 80.8 Å². The van der Waals surface area contributed by atoms with Gasteiger partial charge in [-0.3, -0.25) is 9.59 Å². The van der Waals surface area contributed by atoms with Crippen molar-refractivity contribution in [3.8, 4) is 0 Å². The van der Waals surface area contributed by atoms with Gasteiger partial charge in [-0.05, 0) is 53.4 Å². The summed E-state index contributed by atoms with van der Waals surface area (Å²) in [5, 5.41) is 4.14. The van der Waals surface area contributed by atoms with Crippen molar-refractivity contribution in [1.29, 1.82) is 0 Å². The van der Waals surface area contributed by atoms with Crippen LogP contribution in [0.15, 0.2) is 62.6 Å². The summed E-state index contributed by atoms with van der Waals surface area (Å²) in [4.78, 5) is 26.5. The van der Waals surface area contributed by atoms with E-state index in [1.54, 1.807) is 46.4 Å². The van der Waals surface area contributed by atoms with Crippen LogP contribution in [0.25, 0.3) is 0 Å². The summed E-state index contributed by atoms with van der Waals surface area (Å²) in [6.45, 7) is 1.06. The van der Waals surface area contributed by atoms with Crippen molar-refractivity contribution in [3.63, 3.8) is 0 Å². The lowest BCUT2D eigenvalue weighted by Crippen LogP contribution is -2.30. The number of carbonyl (C=O) groups excluding carboxylic acids is 1. The molecule has 1 fully saturated rings. The maximum Gasteiger partial charge on any atom is 0.290 e. The first-order chi connectivity index (χ1) is 12.2. The van der Waals surface area contributed by atoms with Crippen LogP contribution in [0.5, 0.6) is 0 Å². The molecule has 25 heavy (non-hydrogen) atoms. The van der Waals surface area contributed by atoms with Crippen molar-refractivity contribution in [2.24, 2.45) is 0 Å². The lowest BCUT2D eigenvalue weighted by molar-refractivity contribution is 0.0701. The van der Waals surface area contributed by atoms with Gasteiger partial charge in [0.1, 0.15) is 5.76 Å². The van der Waals surface area contributed by atoms with Gasteiger partial charge in [0.25, 0.3) is 11.5 Å². The van der Waals surface area contributed by atoms with Crippen LogP contribution in [-0.2, 0) is 6.54 Å². The van der Waals surface area contributed by atoms with Gasteiger partial charge in [0.2, 0.25) is 0 Å². The predicted octanol–water partition coefficient (Wildman–Crippen LogP) is 3.53. The number of nitrogens with zero attached hydrogens (tertiary/aromatic N) is 2. The van der Waals surface area contributed by atoms with Gasteiger partial charge >= 0.3 is 0 Å². The molecule has 6 heteroatoms. The lowest BCUT2D eigenvalue weighted by Gasteiger charge is -2.23. The molecule has 0 saturated carbocycles. The molecule has 1 saturated heterocycles. The first-order valence-corrected chi connectivity index (χ1v) is 9.24. The Balaban J connectivity index is 1.52. The molecule has 128 valence electrons. The van der Waals surface area contributed by atoms with Gasteiger partial charge in [-0.15, -0.1) is 0 Å². The van der Waals surface area contributed by atoms with E-state index >= 15 is 0 Å². The normalized spacial score (nSPS) is 17.1. The quantitative estimate of drug-likeness (QED) is 0.720. The molecule has 5 nitrogen and oxygen atoms in total. The average molecular weight is 354 g/mol. The fraction of sp³-hybridized carbons (Fsp3) is 0.263. The van der Waals surface area contributed by atoms with E-state index in [1.165, 1.54) is 11.6 Å². The highest BCUT2D eigenvalue weighted by Crippen LogP contribution is 2.34. The van der Waals surface area contributed by atoms with Gasteiger partial charge in [0.05, 0.1) is 12.6 Å². The summed E-state index contributed by atoms with van der Waals surface area (Å²) < 4.78 is 7.29. The predicted molar refractivity (Wildman–Crippen MR) is 95.8 cm³/mol. The summed E-state index contributed by atoms with van der Waals surface area (Å²) in [5.41, 5.74) is 1.10. The minimum Gasteiger partial charge on any atom is -0.454 e. The van der Waals surface area contributed by atoms with Gasteiger partial charge in [-0.2, -0.15) is 11.3 Å². The van der Waals surface area contributed by atoms with E-state index in [9.17, 15) is 9.59 Å². The zero-order valence-electron chi connectivity index (χ0n) is 13.6. The van der Waals surface area contributed by atoms with Crippen LogP contribution < -0.4 is 5.56 Å². The standard InChI is InChI=1S/C19H18N2O3S/c22-18-5-1-2-9-20(18)12-15-6-7-17(24-15)19(23)21-10-3-4-16(21)14-8-11-25-13-14/h1-2,5-9,11,13,16H,3-4,10,12H2/t16-/m1/s1. The number of hydrogen-bond acceptors (Lipinski definition) is 4. The number of rotatable bonds is 4. The number of thiophene rings is 1. The van der Waals surface area contributed by atoms with Gasteiger partial charge in [0.15, 0.2) is 5.76 Å². The third kappa shape index (κ3) is 3.17. The fourth-order valence-electron chi connectivity index (χ4n) is 3.30. The van der Waals surface area contributed by atoms with Gasteiger partial charge < -0.3 is 13.9 Å². The SMILES string of the molecule is O=C(c1ccc(Cn2ccccc2=O)o1)N1CCC[C@@H]1c1ccsc1. The highest BCUT2D eigenvalue weighted by atomic mass is 32.1. The first kappa shape index (κ1) is 15.9. The third-order valence-electron chi connectivity index (χ3n) is 4.54. The van der Waals surface area contributed by atoms with Crippen molar-refractivity contribution in [1.82, 2.24) is 9.47 Å². The fourth-order valence-corrected chi connectivity index (χ4v) is 4.01. The Hall–Kier alpha value is -2.60. The second-order valence-corrected chi connectivity index (χ2v) is 6.93. The minimum atomic E-state index is -0.0937. The zero-order chi connectivity index (χ0) is 17.2. The lowest BCUT2D eigenvalue weighted by atomic mass is 10.1. The smallest absolute Gasteiger partial charge is 0.290 e. The Morgan fingerprint density at radius 1 is 1.24 bits per heavy atom. The Morgan fingerprint density at radius 2 is 2.16 bits per heavy atom. The molecule has 1 amide bonds. The molecule has 0 N–H and O–H groups in total. The van der Waals surface area contributed by atoms with Crippen molar-refractivity contribution in [2.75, 3.05) is 6.54 Å². The second kappa shape index (κ2) is 6.72. The van der Waals surface area contributed by atoms with Crippen LogP contribution in [0.4, 0.5) is 0 Å². The van der Waals surface area contributed by atoms with Gasteiger partial charge in [-0.25, -0.2) is 0 Å². The van der Waals surface area contributed by atoms with Crippen molar-refractivity contribution < 1.29 is 9.21 Å². The number of carbonyl (C=O) groups is 1. The van der Waals surface area contributed by atoms with E-state index in [4.69, 9.17) is 4.42 Å². The molecule has 0 aliphatic carbocycles. The Bertz CT molecular complexity index is 926. The maximum atomic E-state index is 12.9. The molecule has 1 aliphatic heterocycles.